The molecular formula is C22H29N3. The summed E-state index contributed by atoms with van der Waals surface area (Å²) in [6.45, 7) is 6.91. The van der Waals surface area contributed by atoms with E-state index in [9.17, 15) is 0 Å². The van der Waals surface area contributed by atoms with Crippen molar-refractivity contribution in [1.29, 1.82) is 0 Å². The molecule has 1 N–H and O–H groups in total. The van der Waals surface area contributed by atoms with Crippen LogP contribution in [0.1, 0.15) is 50.3 Å². The molecule has 2 atom stereocenters. The highest BCUT2D eigenvalue weighted by molar-refractivity contribution is 5.71. The fourth-order valence-corrected chi connectivity index (χ4v) is 4.56. The van der Waals surface area contributed by atoms with Crippen molar-refractivity contribution in [1.82, 2.24) is 9.88 Å². The van der Waals surface area contributed by atoms with E-state index in [1.165, 1.54) is 48.2 Å². The van der Waals surface area contributed by atoms with Crippen molar-refractivity contribution in [3.05, 3.63) is 47.8 Å². The minimum atomic E-state index is 0.343. The van der Waals surface area contributed by atoms with E-state index >= 15 is 0 Å². The molecular weight excluding hydrogens is 306 g/mol. The highest BCUT2D eigenvalue weighted by Crippen LogP contribution is 2.42. The van der Waals surface area contributed by atoms with Crippen molar-refractivity contribution >= 4 is 5.69 Å². The number of hydrogen-bond donors (Lipinski definition) is 1. The molecule has 0 amide bonds. The first kappa shape index (κ1) is 16.6. The van der Waals surface area contributed by atoms with Crippen LogP contribution in [0.2, 0.25) is 0 Å². The molecule has 1 aromatic carbocycles. The van der Waals surface area contributed by atoms with Crippen molar-refractivity contribution < 1.29 is 0 Å². The lowest BCUT2D eigenvalue weighted by Gasteiger charge is -2.34. The Labute approximate surface area is 151 Å². The molecule has 25 heavy (non-hydrogen) atoms. The summed E-state index contributed by atoms with van der Waals surface area (Å²) in [4.78, 5) is 7.00. The molecule has 1 fully saturated rings. The number of aromatic nitrogens is 1. The first-order chi connectivity index (χ1) is 12.1. The van der Waals surface area contributed by atoms with Gasteiger partial charge in [-0.05, 0) is 87.2 Å². The quantitative estimate of drug-likeness (QED) is 0.878. The lowest BCUT2D eigenvalue weighted by atomic mass is 9.83. The van der Waals surface area contributed by atoms with E-state index in [4.69, 9.17) is 0 Å². The number of hydrogen-bond acceptors (Lipinski definition) is 3. The van der Waals surface area contributed by atoms with Crippen LogP contribution in [-0.4, -0.2) is 35.6 Å². The average Bonchev–Trinajstić information content (AvgIpc) is 3.18. The summed E-state index contributed by atoms with van der Waals surface area (Å²) in [5.41, 5.74) is 6.92. The second-order valence-corrected chi connectivity index (χ2v) is 8.00. The second-order valence-electron chi connectivity index (χ2n) is 8.00. The predicted octanol–water partition coefficient (Wildman–Crippen LogP) is 4.69. The van der Waals surface area contributed by atoms with Crippen LogP contribution in [0.15, 0.2) is 36.5 Å². The summed E-state index contributed by atoms with van der Waals surface area (Å²) in [7, 11) is 2.29. The molecule has 0 spiro atoms. The summed E-state index contributed by atoms with van der Waals surface area (Å²) in [6, 6.07) is 11.3. The molecule has 132 valence electrons. The van der Waals surface area contributed by atoms with Crippen LogP contribution in [0.25, 0.3) is 11.1 Å². The topological polar surface area (TPSA) is 28.2 Å². The molecule has 4 rings (SSSR count). The van der Waals surface area contributed by atoms with Gasteiger partial charge in [-0.25, -0.2) is 0 Å². The standard InChI is InChI=1S/C22H29N3/c1-4-19-12-17(8-10-23-19)16-6-7-21-20(13-16)18(15-24-21)14-22(2)9-5-11-25(22)3/h6-8,10,12-13,18,24H,4-5,9,11,14-15H2,1-3H3/t18?,22-/m1/s1. The average molecular weight is 335 g/mol. The number of rotatable bonds is 4. The molecule has 0 bridgehead atoms. The number of anilines is 1. The van der Waals surface area contributed by atoms with E-state index in [0.717, 1.165) is 18.7 Å². The Morgan fingerprint density at radius 2 is 2.08 bits per heavy atom. The monoisotopic (exact) mass is 335 g/mol. The molecule has 1 aromatic heterocycles. The van der Waals surface area contributed by atoms with E-state index < -0.39 is 0 Å². The molecule has 1 saturated heterocycles. The van der Waals surface area contributed by atoms with Gasteiger partial charge < -0.3 is 10.2 Å². The number of likely N-dealkylation sites (tertiary alicyclic amines) is 1. The first-order valence-corrected chi connectivity index (χ1v) is 9.63. The molecule has 3 nitrogen and oxygen atoms in total. The van der Waals surface area contributed by atoms with Gasteiger partial charge in [0.2, 0.25) is 0 Å². The van der Waals surface area contributed by atoms with Gasteiger partial charge in [0.15, 0.2) is 0 Å². The van der Waals surface area contributed by atoms with Gasteiger partial charge in [0.25, 0.3) is 0 Å². The number of nitrogens with zero attached hydrogens (tertiary/aromatic N) is 2. The Balaban J connectivity index is 1.63. The number of nitrogens with one attached hydrogen (secondary N) is 1. The Morgan fingerprint density at radius 1 is 1.24 bits per heavy atom. The summed E-state index contributed by atoms with van der Waals surface area (Å²) in [5, 5.41) is 3.63. The number of fused-ring (bicyclic) bond motifs is 1. The number of aryl methyl sites for hydroxylation is 1. The van der Waals surface area contributed by atoms with E-state index in [1.807, 2.05) is 6.20 Å². The van der Waals surface area contributed by atoms with E-state index in [0.29, 0.717) is 11.5 Å². The molecule has 0 aliphatic carbocycles. The lowest BCUT2D eigenvalue weighted by Crippen LogP contribution is -2.39. The van der Waals surface area contributed by atoms with Gasteiger partial charge >= 0.3 is 0 Å². The van der Waals surface area contributed by atoms with Gasteiger partial charge in [-0.2, -0.15) is 0 Å². The Bertz CT molecular complexity index is 770. The molecule has 0 saturated carbocycles. The highest BCUT2D eigenvalue weighted by atomic mass is 15.2. The zero-order valence-corrected chi connectivity index (χ0v) is 15.7. The van der Waals surface area contributed by atoms with Crippen LogP contribution in [0.4, 0.5) is 5.69 Å². The third-order valence-electron chi connectivity index (χ3n) is 6.36. The molecule has 2 aliphatic rings. The number of pyridine rings is 1. The Morgan fingerprint density at radius 3 is 2.84 bits per heavy atom. The Hall–Kier alpha value is -1.87. The molecule has 0 radical (unpaired) electrons. The fourth-order valence-electron chi connectivity index (χ4n) is 4.56. The number of benzene rings is 1. The van der Waals surface area contributed by atoms with Crippen molar-refractivity contribution in [3.63, 3.8) is 0 Å². The van der Waals surface area contributed by atoms with Gasteiger partial charge in [-0.3, -0.25) is 4.98 Å². The van der Waals surface area contributed by atoms with E-state index in [1.54, 1.807) is 0 Å². The van der Waals surface area contributed by atoms with Crippen molar-refractivity contribution in [2.75, 3.05) is 25.5 Å². The van der Waals surface area contributed by atoms with Gasteiger partial charge in [-0.1, -0.05) is 13.0 Å². The van der Waals surface area contributed by atoms with Gasteiger partial charge in [0, 0.05) is 35.6 Å². The predicted molar refractivity (Wildman–Crippen MR) is 105 cm³/mol. The zero-order valence-electron chi connectivity index (χ0n) is 15.7. The van der Waals surface area contributed by atoms with E-state index in [2.05, 4.69) is 66.4 Å². The molecule has 1 unspecified atom stereocenters. The van der Waals surface area contributed by atoms with Crippen LogP contribution < -0.4 is 5.32 Å². The minimum Gasteiger partial charge on any atom is -0.384 e. The van der Waals surface area contributed by atoms with Crippen LogP contribution in [0, 0.1) is 0 Å². The van der Waals surface area contributed by atoms with Gasteiger partial charge in [0.05, 0.1) is 0 Å². The molecule has 2 aliphatic heterocycles. The smallest absolute Gasteiger partial charge is 0.0407 e. The normalized spacial score (nSPS) is 25.8. The molecule has 3 heteroatoms. The lowest BCUT2D eigenvalue weighted by molar-refractivity contribution is 0.173. The van der Waals surface area contributed by atoms with Crippen molar-refractivity contribution in [2.24, 2.45) is 0 Å². The van der Waals surface area contributed by atoms with E-state index in [-0.39, 0.29) is 0 Å². The largest absolute Gasteiger partial charge is 0.384 e. The molecule has 3 heterocycles. The van der Waals surface area contributed by atoms with Crippen LogP contribution in [-0.2, 0) is 6.42 Å². The first-order valence-electron chi connectivity index (χ1n) is 9.63. The maximum atomic E-state index is 4.44. The zero-order chi connectivity index (χ0) is 17.4. The van der Waals surface area contributed by atoms with Crippen LogP contribution in [0.5, 0.6) is 0 Å². The maximum Gasteiger partial charge on any atom is 0.0407 e. The Kier molecular flexibility index (Phi) is 4.28. The van der Waals surface area contributed by atoms with Crippen LogP contribution in [0.3, 0.4) is 0 Å². The summed E-state index contributed by atoms with van der Waals surface area (Å²) in [6.07, 6.45) is 6.80. The third kappa shape index (κ3) is 3.06. The van der Waals surface area contributed by atoms with Crippen molar-refractivity contribution in [2.45, 2.75) is 51.0 Å². The van der Waals surface area contributed by atoms with Crippen LogP contribution >= 0.6 is 0 Å². The fraction of sp³-hybridized carbons (Fsp3) is 0.500. The summed E-state index contributed by atoms with van der Waals surface area (Å²) >= 11 is 0. The minimum absolute atomic E-state index is 0.343. The highest BCUT2D eigenvalue weighted by Gasteiger charge is 2.38. The summed E-state index contributed by atoms with van der Waals surface area (Å²) < 4.78 is 0. The third-order valence-corrected chi connectivity index (χ3v) is 6.36. The molecule has 2 aromatic rings. The van der Waals surface area contributed by atoms with Gasteiger partial charge in [-0.15, -0.1) is 0 Å². The maximum absolute atomic E-state index is 4.44. The SMILES string of the molecule is CCc1cc(-c2ccc3c(c2)C(C[C@@]2(C)CCCN2C)CN3)ccn1. The van der Waals surface area contributed by atoms with Gasteiger partial charge in [0.1, 0.15) is 0 Å². The van der Waals surface area contributed by atoms with Crippen molar-refractivity contribution in [3.8, 4) is 11.1 Å². The summed E-state index contributed by atoms with van der Waals surface area (Å²) in [5.74, 6) is 0.605. The second kappa shape index (κ2) is 6.45.